The predicted molar refractivity (Wildman–Crippen MR) is 39.8 cm³/mol. The molecule has 0 amide bonds. The van der Waals surface area contributed by atoms with Gasteiger partial charge < -0.3 is 0 Å². The molecule has 1 nitrogen and oxygen atoms in total. The molecule has 0 saturated heterocycles. The van der Waals surface area contributed by atoms with E-state index in [-0.39, 0.29) is 5.24 Å². The van der Waals surface area contributed by atoms with Crippen molar-refractivity contribution in [3.8, 4) is 0 Å². The number of carbonyl (C=O) groups excluding carboxylic acids is 1. The zero-order valence-electron chi connectivity index (χ0n) is 5.85. The lowest BCUT2D eigenvalue weighted by atomic mass is 10.0. The Morgan fingerprint density at radius 1 is 1.30 bits per heavy atom. The summed E-state index contributed by atoms with van der Waals surface area (Å²) >= 11 is 5.28. The van der Waals surface area contributed by atoms with E-state index in [1.54, 1.807) is 0 Å². The Hall–Kier alpha value is -0.0400. The quantitative estimate of drug-likeness (QED) is 0.563. The van der Waals surface area contributed by atoms with Gasteiger partial charge in [0.25, 0.3) is 0 Å². The summed E-state index contributed by atoms with van der Waals surface area (Å²) in [6.45, 7) is 0. The molecular formula is C8H11ClO. The highest BCUT2D eigenvalue weighted by Crippen LogP contribution is 2.55. The smallest absolute Gasteiger partial charge is 0.221 e. The third-order valence-corrected chi connectivity index (χ3v) is 2.94. The third-order valence-electron chi connectivity index (χ3n) is 2.79. The van der Waals surface area contributed by atoms with Crippen LogP contribution in [0.5, 0.6) is 0 Å². The number of rotatable bonds is 2. The molecule has 0 spiro atoms. The van der Waals surface area contributed by atoms with E-state index in [0.29, 0.717) is 12.3 Å². The van der Waals surface area contributed by atoms with Gasteiger partial charge in [0.15, 0.2) is 0 Å². The molecular weight excluding hydrogens is 148 g/mol. The van der Waals surface area contributed by atoms with Crippen molar-refractivity contribution in [2.75, 3.05) is 0 Å². The van der Waals surface area contributed by atoms with Gasteiger partial charge in [-0.05, 0) is 48.6 Å². The molecule has 3 atom stereocenters. The predicted octanol–water partition coefficient (Wildman–Crippen LogP) is 2.19. The molecule has 2 heteroatoms. The van der Waals surface area contributed by atoms with Gasteiger partial charge in [0.05, 0.1) is 0 Å². The summed E-state index contributed by atoms with van der Waals surface area (Å²) in [5.74, 6) is 2.58. The first-order valence-corrected chi connectivity index (χ1v) is 4.32. The zero-order chi connectivity index (χ0) is 7.14. The van der Waals surface area contributed by atoms with Crippen molar-refractivity contribution in [2.24, 2.45) is 17.8 Å². The van der Waals surface area contributed by atoms with Crippen LogP contribution >= 0.6 is 11.6 Å². The van der Waals surface area contributed by atoms with Gasteiger partial charge in [-0.1, -0.05) is 0 Å². The van der Waals surface area contributed by atoms with E-state index in [4.69, 9.17) is 11.6 Å². The van der Waals surface area contributed by atoms with Gasteiger partial charge in [-0.15, -0.1) is 0 Å². The Morgan fingerprint density at radius 2 is 1.90 bits per heavy atom. The fourth-order valence-corrected chi connectivity index (χ4v) is 2.45. The lowest BCUT2D eigenvalue weighted by molar-refractivity contribution is -0.112. The Balaban J connectivity index is 1.80. The highest BCUT2D eigenvalue weighted by molar-refractivity contribution is 6.63. The second-order valence-electron chi connectivity index (χ2n) is 3.65. The second-order valence-corrected chi connectivity index (χ2v) is 4.07. The molecule has 0 heterocycles. The summed E-state index contributed by atoms with van der Waals surface area (Å²) in [5, 5.41) is -0.147. The second kappa shape index (κ2) is 2.23. The molecule has 0 unspecified atom stereocenters. The highest BCUT2D eigenvalue weighted by atomic mass is 35.5. The van der Waals surface area contributed by atoms with Gasteiger partial charge in [-0.25, -0.2) is 0 Å². The number of halogens is 1. The van der Waals surface area contributed by atoms with E-state index < -0.39 is 0 Å². The summed E-state index contributed by atoms with van der Waals surface area (Å²) in [5.41, 5.74) is 0. The molecule has 0 aromatic carbocycles. The molecule has 2 saturated carbocycles. The van der Waals surface area contributed by atoms with Gasteiger partial charge in [0.2, 0.25) is 5.24 Å². The first kappa shape index (κ1) is 6.66. The largest absolute Gasteiger partial charge is 0.281 e. The van der Waals surface area contributed by atoms with Crippen LogP contribution in [0.1, 0.15) is 25.7 Å². The van der Waals surface area contributed by atoms with E-state index in [2.05, 4.69) is 0 Å². The monoisotopic (exact) mass is 158 g/mol. The highest BCUT2D eigenvalue weighted by Gasteiger charge is 2.45. The van der Waals surface area contributed by atoms with Crippen LogP contribution in [0, 0.1) is 17.8 Å². The Bertz CT molecular complexity index is 157. The van der Waals surface area contributed by atoms with Crippen LogP contribution in [0.2, 0.25) is 0 Å². The average molecular weight is 159 g/mol. The molecule has 0 aliphatic heterocycles. The lowest BCUT2D eigenvalue weighted by Crippen LogP contribution is -2.01. The third kappa shape index (κ3) is 1.20. The van der Waals surface area contributed by atoms with Crippen LogP contribution in [0.15, 0.2) is 0 Å². The van der Waals surface area contributed by atoms with Gasteiger partial charge in [0, 0.05) is 6.42 Å². The van der Waals surface area contributed by atoms with Crippen LogP contribution in [-0.4, -0.2) is 5.24 Å². The summed E-state index contributed by atoms with van der Waals surface area (Å²) in [6.07, 6.45) is 4.58. The van der Waals surface area contributed by atoms with E-state index in [1.807, 2.05) is 0 Å². The van der Waals surface area contributed by atoms with Crippen molar-refractivity contribution >= 4 is 16.8 Å². The van der Waals surface area contributed by atoms with Gasteiger partial charge >= 0.3 is 0 Å². The summed E-state index contributed by atoms with van der Waals surface area (Å²) in [7, 11) is 0. The van der Waals surface area contributed by atoms with Crippen LogP contribution in [0.3, 0.4) is 0 Å². The normalized spacial score (nSPS) is 43.1. The van der Waals surface area contributed by atoms with E-state index in [1.165, 1.54) is 19.3 Å². The maximum atomic E-state index is 10.5. The average Bonchev–Trinajstić information content (AvgIpc) is 2.39. The maximum Gasteiger partial charge on any atom is 0.221 e. The van der Waals surface area contributed by atoms with Crippen LogP contribution in [0.25, 0.3) is 0 Å². The van der Waals surface area contributed by atoms with Gasteiger partial charge in [-0.3, -0.25) is 4.79 Å². The minimum Gasteiger partial charge on any atom is -0.281 e. The van der Waals surface area contributed by atoms with Crippen LogP contribution < -0.4 is 0 Å². The molecule has 0 radical (unpaired) electrons. The maximum absolute atomic E-state index is 10.5. The number of hydrogen-bond donors (Lipinski definition) is 0. The van der Waals surface area contributed by atoms with Crippen molar-refractivity contribution in [3.05, 3.63) is 0 Å². The molecule has 0 aromatic heterocycles. The molecule has 10 heavy (non-hydrogen) atoms. The topological polar surface area (TPSA) is 17.1 Å². The summed E-state index contributed by atoms with van der Waals surface area (Å²) in [4.78, 5) is 10.5. The van der Waals surface area contributed by atoms with Crippen molar-refractivity contribution in [1.82, 2.24) is 0 Å². The lowest BCUT2D eigenvalue weighted by Gasteiger charge is -2.06. The Morgan fingerprint density at radius 3 is 2.40 bits per heavy atom. The van der Waals surface area contributed by atoms with E-state index in [9.17, 15) is 4.79 Å². The Kier molecular flexibility index (Phi) is 1.48. The molecule has 2 rings (SSSR count). The van der Waals surface area contributed by atoms with Gasteiger partial charge in [0.1, 0.15) is 0 Å². The minimum absolute atomic E-state index is 0.147. The zero-order valence-corrected chi connectivity index (χ0v) is 6.60. The van der Waals surface area contributed by atoms with Crippen LogP contribution in [0.4, 0.5) is 0 Å². The van der Waals surface area contributed by atoms with Gasteiger partial charge in [-0.2, -0.15) is 0 Å². The Labute approximate surface area is 65.7 Å². The van der Waals surface area contributed by atoms with Crippen molar-refractivity contribution in [1.29, 1.82) is 0 Å². The SMILES string of the molecule is O=C(Cl)C[C@H]1C[C@@H]2C[C@@H]2C1. The molecule has 0 N–H and O–H groups in total. The number of fused-ring (bicyclic) bond motifs is 1. The first-order chi connectivity index (χ1) is 4.75. The first-order valence-electron chi connectivity index (χ1n) is 3.94. The van der Waals surface area contributed by atoms with Crippen LogP contribution in [-0.2, 0) is 4.79 Å². The number of hydrogen-bond acceptors (Lipinski definition) is 1. The standard InChI is InChI=1S/C8H11ClO/c9-8(10)3-5-1-6-4-7(6)2-5/h5-7H,1-4H2/t5-,6+,7-. The van der Waals surface area contributed by atoms with Crippen molar-refractivity contribution < 1.29 is 4.79 Å². The summed E-state index contributed by atoms with van der Waals surface area (Å²) in [6, 6.07) is 0. The molecule has 0 bridgehead atoms. The molecule has 0 aromatic rings. The van der Waals surface area contributed by atoms with Crippen molar-refractivity contribution in [2.45, 2.75) is 25.7 Å². The molecule has 56 valence electrons. The number of carbonyl (C=O) groups is 1. The molecule has 2 fully saturated rings. The minimum atomic E-state index is -0.147. The van der Waals surface area contributed by atoms with E-state index in [0.717, 1.165) is 11.8 Å². The fourth-order valence-electron chi connectivity index (χ4n) is 2.23. The molecule has 2 aliphatic carbocycles. The fraction of sp³-hybridized carbons (Fsp3) is 0.875. The van der Waals surface area contributed by atoms with E-state index >= 15 is 0 Å². The van der Waals surface area contributed by atoms with Crippen molar-refractivity contribution in [3.63, 3.8) is 0 Å². The molecule has 2 aliphatic rings. The summed E-state index contributed by atoms with van der Waals surface area (Å²) < 4.78 is 0.